The van der Waals surface area contributed by atoms with Crippen LogP contribution in [0.25, 0.3) is 11.3 Å². The zero-order chi connectivity index (χ0) is 13.1. The molecular weight excluding hydrogens is 274 g/mol. The van der Waals surface area contributed by atoms with E-state index in [1.54, 1.807) is 18.2 Å². The van der Waals surface area contributed by atoms with E-state index in [0.717, 1.165) is 6.20 Å². The number of benzene rings is 1. The lowest BCUT2D eigenvalue weighted by Gasteiger charge is -2.07. The average molecular weight is 281 g/mol. The number of halogens is 3. The Labute approximate surface area is 114 Å². The van der Waals surface area contributed by atoms with Crippen LogP contribution in [0.2, 0.25) is 10.0 Å². The van der Waals surface area contributed by atoms with Gasteiger partial charge in [0.2, 0.25) is 0 Å². The van der Waals surface area contributed by atoms with Gasteiger partial charge in [-0.15, -0.1) is 0 Å². The summed E-state index contributed by atoms with van der Waals surface area (Å²) < 4.78 is 13.1. The van der Waals surface area contributed by atoms with Gasteiger partial charge in [-0.3, -0.25) is 4.98 Å². The van der Waals surface area contributed by atoms with Crippen LogP contribution in [0.4, 0.5) is 4.39 Å². The third kappa shape index (κ3) is 2.61. The van der Waals surface area contributed by atoms with E-state index in [-0.39, 0.29) is 6.42 Å². The van der Waals surface area contributed by atoms with Gasteiger partial charge in [-0.1, -0.05) is 29.3 Å². The molecule has 1 aromatic heterocycles. The van der Waals surface area contributed by atoms with Gasteiger partial charge >= 0.3 is 0 Å². The quantitative estimate of drug-likeness (QED) is 0.824. The van der Waals surface area contributed by atoms with Crippen LogP contribution in [-0.4, -0.2) is 4.98 Å². The number of rotatable bonds is 2. The number of aromatic nitrogens is 1. The minimum Gasteiger partial charge on any atom is -0.253 e. The van der Waals surface area contributed by atoms with E-state index in [9.17, 15) is 4.39 Å². The maximum Gasteiger partial charge on any atom is 0.141 e. The zero-order valence-corrected chi connectivity index (χ0v) is 10.6. The molecule has 0 bridgehead atoms. The molecule has 0 saturated heterocycles. The Morgan fingerprint density at radius 2 is 2.00 bits per heavy atom. The largest absolute Gasteiger partial charge is 0.253 e. The highest BCUT2D eigenvalue weighted by Crippen LogP contribution is 2.29. The molecule has 18 heavy (non-hydrogen) atoms. The fraction of sp³-hybridized carbons (Fsp3) is 0.0769. The summed E-state index contributed by atoms with van der Waals surface area (Å²) in [5.41, 5.74) is 1.77. The lowest BCUT2D eigenvalue weighted by Crippen LogP contribution is -1.94. The van der Waals surface area contributed by atoms with Crippen molar-refractivity contribution in [3.63, 3.8) is 0 Å². The van der Waals surface area contributed by atoms with Gasteiger partial charge in [0.25, 0.3) is 0 Å². The summed E-state index contributed by atoms with van der Waals surface area (Å²) >= 11 is 11.8. The molecule has 2 nitrogen and oxygen atoms in total. The van der Waals surface area contributed by atoms with Gasteiger partial charge in [0.1, 0.15) is 5.82 Å². The second-order valence-electron chi connectivity index (χ2n) is 3.63. The number of hydrogen-bond donors (Lipinski definition) is 0. The topological polar surface area (TPSA) is 36.7 Å². The molecule has 0 unspecified atom stereocenters. The van der Waals surface area contributed by atoms with Crippen molar-refractivity contribution in [1.29, 1.82) is 5.26 Å². The van der Waals surface area contributed by atoms with E-state index < -0.39 is 5.82 Å². The van der Waals surface area contributed by atoms with Crippen molar-refractivity contribution in [2.45, 2.75) is 6.42 Å². The van der Waals surface area contributed by atoms with Crippen molar-refractivity contribution in [3.05, 3.63) is 51.9 Å². The van der Waals surface area contributed by atoms with Crippen molar-refractivity contribution in [1.82, 2.24) is 4.98 Å². The SMILES string of the molecule is N#CCc1cc(F)cnc1-c1ccc(Cl)c(Cl)c1. The van der Waals surface area contributed by atoms with Crippen LogP contribution >= 0.6 is 23.2 Å². The Hall–Kier alpha value is -1.63. The van der Waals surface area contributed by atoms with Crippen LogP contribution < -0.4 is 0 Å². The Morgan fingerprint density at radius 3 is 2.67 bits per heavy atom. The Bertz CT molecular complexity index is 635. The predicted molar refractivity (Wildman–Crippen MR) is 69.0 cm³/mol. The van der Waals surface area contributed by atoms with Crippen molar-refractivity contribution in [3.8, 4) is 17.3 Å². The van der Waals surface area contributed by atoms with Crippen molar-refractivity contribution >= 4 is 23.2 Å². The van der Waals surface area contributed by atoms with Gasteiger partial charge in [-0.2, -0.15) is 5.26 Å². The van der Waals surface area contributed by atoms with Crippen LogP contribution in [0.3, 0.4) is 0 Å². The van der Waals surface area contributed by atoms with Crippen molar-refractivity contribution < 1.29 is 4.39 Å². The lowest BCUT2D eigenvalue weighted by atomic mass is 10.0. The molecule has 0 atom stereocenters. The molecule has 1 heterocycles. The lowest BCUT2D eigenvalue weighted by molar-refractivity contribution is 0.620. The first-order valence-corrected chi connectivity index (χ1v) is 5.84. The van der Waals surface area contributed by atoms with E-state index >= 15 is 0 Å². The number of pyridine rings is 1. The molecule has 0 fully saturated rings. The Kier molecular flexibility index (Phi) is 3.81. The molecule has 90 valence electrons. The molecule has 2 aromatic rings. The molecule has 0 aliphatic carbocycles. The number of hydrogen-bond acceptors (Lipinski definition) is 2. The summed E-state index contributed by atoms with van der Waals surface area (Å²) in [6, 6.07) is 8.30. The van der Waals surface area contributed by atoms with E-state index in [4.69, 9.17) is 28.5 Å². The molecule has 0 amide bonds. The van der Waals surface area contributed by atoms with Crippen LogP contribution in [0.15, 0.2) is 30.5 Å². The van der Waals surface area contributed by atoms with Gasteiger partial charge < -0.3 is 0 Å². The first-order chi connectivity index (χ1) is 8.61. The van der Waals surface area contributed by atoms with Crippen LogP contribution in [0.1, 0.15) is 5.56 Å². The molecule has 1 aromatic carbocycles. The summed E-state index contributed by atoms with van der Waals surface area (Å²) in [5, 5.41) is 9.56. The second kappa shape index (κ2) is 5.34. The Morgan fingerprint density at radius 1 is 1.22 bits per heavy atom. The highest BCUT2D eigenvalue weighted by Gasteiger charge is 2.09. The van der Waals surface area contributed by atoms with Gasteiger partial charge in [0, 0.05) is 5.56 Å². The molecule has 0 radical (unpaired) electrons. The van der Waals surface area contributed by atoms with E-state index in [1.165, 1.54) is 6.07 Å². The summed E-state index contributed by atoms with van der Waals surface area (Å²) in [7, 11) is 0. The van der Waals surface area contributed by atoms with Gasteiger partial charge in [-0.05, 0) is 23.8 Å². The van der Waals surface area contributed by atoms with Crippen LogP contribution in [0, 0.1) is 17.1 Å². The predicted octanol–water partition coefficient (Wildman–Crippen LogP) is 4.26. The average Bonchev–Trinajstić information content (AvgIpc) is 2.34. The number of nitriles is 1. The van der Waals surface area contributed by atoms with Crippen molar-refractivity contribution in [2.24, 2.45) is 0 Å². The number of nitrogens with zero attached hydrogens (tertiary/aromatic N) is 2. The van der Waals surface area contributed by atoms with Crippen molar-refractivity contribution in [2.75, 3.05) is 0 Å². The normalized spacial score (nSPS) is 10.1. The maximum absolute atomic E-state index is 13.1. The molecule has 0 aliphatic rings. The third-order valence-corrected chi connectivity index (χ3v) is 3.13. The molecule has 0 aliphatic heterocycles. The van der Waals surface area contributed by atoms with E-state index in [2.05, 4.69) is 4.98 Å². The first kappa shape index (κ1) is 12.8. The highest BCUT2D eigenvalue weighted by atomic mass is 35.5. The molecule has 2 rings (SSSR count). The van der Waals surface area contributed by atoms with Crippen LogP contribution in [-0.2, 0) is 6.42 Å². The molecule has 0 saturated carbocycles. The van der Waals surface area contributed by atoms with E-state index in [0.29, 0.717) is 26.9 Å². The minimum absolute atomic E-state index is 0.0837. The summed E-state index contributed by atoms with van der Waals surface area (Å²) in [6.07, 6.45) is 1.19. The summed E-state index contributed by atoms with van der Waals surface area (Å²) in [6.45, 7) is 0. The van der Waals surface area contributed by atoms with Gasteiger partial charge in [-0.25, -0.2) is 4.39 Å². The molecule has 0 spiro atoms. The first-order valence-electron chi connectivity index (χ1n) is 5.08. The van der Waals surface area contributed by atoms with E-state index in [1.807, 2.05) is 6.07 Å². The molecule has 0 N–H and O–H groups in total. The van der Waals surface area contributed by atoms with Gasteiger partial charge in [0.15, 0.2) is 0 Å². The fourth-order valence-corrected chi connectivity index (χ4v) is 1.90. The second-order valence-corrected chi connectivity index (χ2v) is 4.44. The summed E-state index contributed by atoms with van der Waals surface area (Å²) in [4.78, 5) is 4.01. The summed E-state index contributed by atoms with van der Waals surface area (Å²) in [5.74, 6) is -0.468. The standard InChI is InChI=1S/C13H7Cl2FN2/c14-11-2-1-8(6-12(11)15)13-9(3-4-17)5-10(16)7-18-13/h1-2,5-7H,3H2. The monoisotopic (exact) mass is 280 g/mol. The third-order valence-electron chi connectivity index (χ3n) is 2.40. The molecule has 5 heteroatoms. The fourth-order valence-electron chi connectivity index (χ4n) is 1.60. The smallest absolute Gasteiger partial charge is 0.141 e. The molecular formula is C13H7Cl2FN2. The maximum atomic E-state index is 13.1. The zero-order valence-electron chi connectivity index (χ0n) is 9.12. The van der Waals surface area contributed by atoms with Gasteiger partial charge in [0.05, 0.1) is 34.4 Å². The Balaban J connectivity index is 2.56. The minimum atomic E-state index is -0.468. The van der Waals surface area contributed by atoms with Crippen LogP contribution in [0.5, 0.6) is 0 Å². The highest BCUT2D eigenvalue weighted by molar-refractivity contribution is 6.42.